The highest BCUT2D eigenvalue weighted by Crippen LogP contribution is 2.24. The summed E-state index contributed by atoms with van der Waals surface area (Å²) in [5.74, 6) is -1.26. The molecule has 0 heterocycles. The largest absolute Gasteiger partial charge is 0.488 e. The summed E-state index contributed by atoms with van der Waals surface area (Å²) in [5.41, 5.74) is 5.97. The van der Waals surface area contributed by atoms with Crippen LogP contribution in [0.2, 0.25) is 5.02 Å². The molecule has 3 nitrogen and oxygen atoms in total. The van der Waals surface area contributed by atoms with Gasteiger partial charge in [-0.3, -0.25) is 5.41 Å². The molecule has 0 radical (unpaired) electrons. The summed E-state index contributed by atoms with van der Waals surface area (Å²) in [4.78, 5) is 0. The van der Waals surface area contributed by atoms with Gasteiger partial charge in [-0.2, -0.15) is 0 Å². The van der Waals surface area contributed by atoms with Crippen LogP contribution in [0.3, 0.4) is 0 Å². The van der Waals surface area contributed by atoms with Crippen molar-refractivity contribution in [1.29, 1.82) is 5.41 Å². The molecule has 20 heavy (non-hydrogen) atoms. The predicted octanol–water partition coefficient (Wildman–Crippen LogP) is 3.48. The van der Waals surface area contributed by atoms with Crippen LogP contribution in [0.25, 0.3) is 0 Å². The Bertz CT molecular complexity index is 662. The van der Waals surface area contributed by atoms with Crippen LogP contribution in [0.1, 0.15) is 11.1 Å². The van der Waals surface area contributed by atoms with Crippen LogP contribution < -0.4 is 10.5 Å². The molecule has 0 saturated heterocycles. The average molecular weight is 297 g/mol. The molecule has 0 aliphatic carbocycles. The maximum atomic E-state index is 13.5. The Kier molecular flexibility index (Phi) is 4.20. The van der Waals surface area contributed by atoms with Crippen LogP contribution in [0.5, 0.6) is 5.75 Å². The van der Waals surface area contributed by atoms with Gasteiger partial charge < -0.3 is 10.5 Å². The summed E-state index contributed by atoms with van der Waals surface area (Å²) in [6.45, 7) is -0.118. The zero-order valence-electron chi connectivity index (χ0n) is 10.3. The molecular formula is C14H11ClF2N2O. The van der Waals surface area contributed by atoms with E-state index in [1.165, 1.54) is 12.1 Å². The molecule has 0 saturated carbocycles. The third-order valence-corrected chi connectivity index (χ3v) is 2.87. The Morgan fingerprint density at radius 2 is 1.95 bits per heavy atom. The first-order valence-corrected chi connectivity index (χ1v) is 6.06. The molecule has 3 N–H and O–H groups in total. The smallest absolute Gasteiger partial charge is 0.132 e. The van der Waals surface area contributed by atoms with Crippen molar-refractivity contribution in [1.82, 2.24) is 0 Å². The lowest BCUT2D eigenvalue weighted by molar-refractivity contribution is 0.299. The zero-order chi connectivity index (χ0) is 14.7. The van der Waals surface area contributed by atoms with E-state index >= 15 is 0 Å². The fraction of sp³-hybridized carbons (Fsp3) is 0.0714. The van der Waals surface area contributed by atoms with E-state index in [4.69, 9.17) is 27.5 Å². The monoisotopic (exact) mass is 296 g/mol. The predicted molar refractivity (Wildman–Crippen MR) is 73.2 cm³/mol. The number of ether oxygens (including phenoxy) is 1. The highest BCUT2D eigenvalue weighted by molar-refractivity contribution is 6.30. The molecule has 2 aromatic rings. The van der Waals surface area contributed by atoms with Gasteiger partial charge in [-0.05, 0) is 30.3 Å². The molecule has 0 atom stereocenters. The van der Waals surface area contributed by atoms with Crippen molar-refractivity contribution in [3.8, 4) is 5.75 Å². The minimum atomic E-state index is -0.698. The maximum Gasteiger partial charge on any atom is 0.132 e. The van der Waals surface area contributed by atoms with Crippen molar-refractivity contribution in [3.63, 3.8) is 0 Å². The lowest BCUT2D eigenvalue weighted by atomic mass is 10.2. The minimum absolute atomic E-state index is 0.118. The molecule has 0 unspecified atom stereocenters. The van der Waals surface area contributed by atoms with Gasteiger partial charge in [-0.25, -0.2) is 8.78 Å². The highest BCUT2D eigenvalue weighted by atomic mass is 35.5. The van der Waals surface area contributed by atoms with Crippen molar-refractivity contribution in [2.75, 3.05) is 0 Å². The second-order valence-corrected chi connectivity index (χ2v) is 4.51. The molecule has 2 rings (SSSR count). The van der Waals surface area contributed by atoms with Crippen LogP contribution >= 0.6 is 11.6 Å². The summed E-state index contributed by atoms with van der Waals surface area (Å²) in [6, 6.07) is 7.82. The van der Waals surface area contributed by atoms with Gasteiger partial charge in [-0.15, -0.1) is 0 Å². The normalized spacial score (nSPS) is 10.3. The summed E-state index contributed by atoms with van der Waals surface area (Å²) >= 11 is 5.84. The third-order valence-electron chi connectivity index (χ3n) is 2.63. The fourth-order valence-electron chi connectivity index (χ4n) is 1.63. The van der Waals surface area contributed by atoms with E-state index in [2.05, 4.69) is 0 Å². The van der Waals surface area contributed by atoms with E-state index in [-0.39, 0.29) is 23.8 Å². The van der Waals surface area contributed by atoms with E-state index in [1.807, 2.05) is 0 Å². The summed E-state index contributed by atoms with van der Waals surface area (Å²) < 4.78 is 31.7. The molecule has 0 aliphatic rings. The first-order chi connectivity index (χ1) is 9.47. The maximum absolute atomic E-state index is 13.5. The van der Waals surface area contributed by atoms with Gasteiger partial charge in [0.15, 0.2) is 0 Å². The molecule has 0 aliphatic heterocycles. The van der Waals surface area contributed by atoms with Crippen molar-refractivity contribution in [2.24, 2.45) is 5.73 Å². The van der Waals surface area contributed by atoms with Crippen LogP contribution in [0.4, 0.5) is 8.78 Å². The lowest BCUT2D eigenvalue weighted by Crippen LogP contribution is -2.13. The second-order valence-electron chi connectivity index (χ2n) is 4.08. The second kappa shape index (κ2) is 5.88. The molecule has 0 bridgehead atoms. The van der Waals surface area contributed by atoms with E-state index < -0.39 is 11.6 Å². The van der Waals surface area contributed by atoms with Crippen molar-refractivity contribution < 1.29 is 13.5 Å². The van der Waals surface area contributed by atoms with Gasteiger partial charge in [0.25, 0.3) is 0 Å². The Morgan fingerprint density at radius 3 is 2.60 bits per heavy atom. The molecule has 0 amide bonds. The molecule has 6 heteroatoms. The summed E-state index contributed by atoms with van der Waals surface area (Å²) in [5, 5.41) is 7.84. The molecule has 0 spiro atoms. The number of rotatable bonds is 4. The number of hydrogen-bond acceptors (Lipinski definition) is 2. The van der Waals surface area contributed by atoms with Crippen LogP contribution in [-0.2, 0) is 6.61 Å². The number of nitrogens with one attached hydrogen (secondary N) is 1. The van der Waals surface area contributed by atoms with Crippen molar-refractivity contribution in [3.05, 3.63) is 64.2 Å². The SMILES string of the molecule is N=C(N)c1ccc(Cl)cc1OCc1ccc(F)cc1F. The van der Waals surface area contributed by atoms with E-state index in [0.717, 1.165) is 12.1 Å². The molecule has 2 aromatic carbocycles. The van der Waals surface area contributed by atoms with Crippen LogP contribution in [0.15, 0.2) is 36.4 Å². The van der Waals surface area contributed by atoms with Gasteiger partial charge in [0.2, 0.25) is 0 Å². The third kappa shape index (κ3) is 3.24. The topological polar surface area (TPSA) is 59.1 Å². The van der Waals surface area contributed by atoms with Crippen LogP contribution in [0, 0.1) is 17.0 Å². The molecule has 0 aromatic heterocycles. The number of benzene rings is 2. The zero-order valence-corrected chi connectivity index (χ0v) is 11.0. The number of hydrogen-bond donors (Lipinski definition) is 2. The molecule has 104 valence electrons. The van der Waals surface area contributed by atoms with Crippen molar-refractivity contribution >= 4 is 17.4 Å². The summed E-state index contributed by atoms with van der Waals surface area (Å²) in [6.07, 6.45) is 0. The first-order valence-electron chi connectivity index (χ1n) is 5.68. The van der Waals surface area contributed by atoms with E-state index in [9.17, 15) is 8.78 Å². The lowest BCUT2D eigenvalue weighted by Gasteiger charge is -2.11. The fourth-order valence-corrected chi connectivity index (χ4v) is 1.79. The van der Waals surface area contributed by atoms with Crippen molar-refractivity contribution in [2.45, 2.75) is 6.61 Å². The van der Waals surface area contributed by atoms with E-state index in [1.54, 1.807) is 12.1 Å². The first kappa shape index (κ1) is 14.3. The highest BCUT2D eigenvalue weighted by Gasteiger charge is 2.10. The number of halogens is 3. The van der Waals surface area contributed by atoms with Crippen LogP contribution in [-0.4, -0.2) is 5.84 Å². The minimum Gasteiger partial charge on any atom is -0.488 e. The molecular weight excluding hydrogens is 286 g/mol. The van der Waals surface area contributed by atoms with E-state index in [0.29, 0.717) is 10.6 Å². The Labute approximate surface area is 119 Å². The Morgan fingerprint density at radius 1 is 1.20 bits per heavy atom. The van der Waals surface area contributed by atoms with Gasteiger partial charge in [0.1, 0.15) is 29.8 Å². The average Bonchev–Trinajstić information content (AvgIpc) is 2.37. The standard InChI is InChI=1S/C14H11ClF2N2O/c15-9-2-4-11(14(18)19)13(5-9)20-7-8-1-3-10(16)6-12(8)17/h1-6H,7H2,(H3,18,19). The Hall–Kier alpha value is -2.14. The van der Waals surface area contributed by atoms with Gasteiger partial charge >= 0.3 is 0 Å². The number of nitrogen functional groups attached to an aromatic ring is 1. The quantitative estimate of drug-likeness (QED) is 0.670. The van der Waals surface area contributed by atoms with Gasteiger partial charge in [0, 0.05) is 16.7 Å². The molecule has 0 fully saturated rings. The Balaban J connectivity index is 2.22. The van der Waals surface area contributed by atoms with Gasteiger partial charge in [0.05, 0.1) is 5.56 Å². The van der Waals surface area contributed by atoms with Gasteiger partial charge in [-0.1, -0.05) is 11.6 Å². The number of nitrogens with two attached hydrogens (primary N) is 1. The number of amidine groups is 1. The summed E-state index contributed by atoms with van der Waals surface area (Å²) in [7, 11) is 0.